The molecular formula is C14H16FN3O3. The number of benzene rings is 1. The molecule has 1 amide bonds. The second kappa shape index (κ2) is 6.45. The number of nitro benzene ring substituents is 1. The van der Waals surface area contributed by atoms with Gasteiger partial charge in [-0.25, -0.2) is 4.39 Å². The van der Waals surface area contributed by atoms with Crippen LogP contribution in [0.1, 0.15) is 5.56 Å². The van der Waals surface area contributed by atoms with Crippen molar-refractivity contribution in [3.05, 3.63) is 45.8 Å². The van der Waals surface area contributed by atoms with Crippen LogP contribution < -0.4 is 0 Å². The number of hydrogen-bond donors (Lipinski definition) is 0. The Morgan fingerprint density at radius 1 is 1.33 bits per heavy atom. The third kappa shape index (κ3) is 3.85. The van der Waals surface area contributed by atoms with E-state index in [4.69, 9.17) is 0 Å². The lowest BCUT2D eigenvalue weighted by molar-refractivity contribution is -0.385. The lowest BCUT2D eigenvalue weighted by Crippen LogP contribution is -2.46. The van der Waals surface area contributed by atoms with Crippen LogP contribution in [0.15, 0.2) is 24.3 Å². The standard InChI is InChI=1S/C14H16FN3O3/c1-16-6-8-17(9-7-16)14(19)5-3-11-2-4-12(15)10-13(11)18(20)21/h2-5,10H,6-9H2,1H3/b5-3-. The average molecular weight is 293 g/mol. The summed E-state index contributed by atoms with van der Waals surface area (Å²) in [6, 6.07) is 3.27. The van der Waals surface area contributed by atoms with Crippen LogP contribution in [0.4, 0.5) is 10.1 Å². The first-order chi connectivity index (χ1) is 9.97. The fourth-order valence-electron chi connectivity index (χ4n) is 2.11. The van der Waals surface area contributed by atoms with Crippen molar-refractivity contribution in [3.63, 3.8) is 0 Å². The molecule has 1 fully saturated rings. The molecule has 2 rings (SSSR count). The largest absolute Gasteiger partial charge is 0.337 e. The van der Waals surface area contributed by atoms with E-state index in [-0.39, 0.29) is 17.2 Å². The summed E-state index contributed by atoms with van der Waals surface area (Å²) in [5, 5.41) is 10.9. The van der Waals surface area contributed by atoms with E-state index in [0.29, 0.717) is 13.1 Å². The topological polar surface area (TPSA) is 66.7 Å². The van der Waals surface area contributed by atoms with E-state index >= 15 is 0 Å². The smallest absolute Gasteiger partial charge is 0.279 e. The summed E-state index contributed by atoms with van der Waals surface area (Å²) in [6.45, 7) is 2.86. The lowest BCUT2D eigenvalue weighted by Gasteiger charge is -2.31. The Bertz CT molecular complexity index is 581. The Hall–Kier alpha value is -2.28. The fraction of sp³-hybridized carbons (Fsp3) is 0.357. The van der Waals surface area contributed by atoms with Gasteiger partial charge >= 0.3 is 0 Å². The molecule has 0 aliphatic carbocycles. The van der Waals surface area contributed by atoms with Crippen LogP contribution in [0.2, 0.25) is 0 Å². The molecule has 6 nitrogen and oxygen atoms in total. The van der Waals surface area contributed by atoms with Gasteiger partial charge in [-0.1, -0.05) is 0 Å². The Morgan fingerprint density at radius 3 is 2.62 bits per heavy atom. The van der Waals surface area contributed by atoms with Crippen LogP contribution in [-0.4, -0.2) is 53.9 Å². The third-order valence-electron chi connectivity index (χ3n) is 3.41. The first-order valence-electron chi connectivity index (χ1n) is 6.57. The zero-order valence-electron chi connectivity index (χ0n) is 11.7. The van der Waals surface area contributed by atoms with Gasteiger partial charge in [0.15, 0.2) is 0 Å². The molecule has 1 aromatic rings. The number of carbonyl (C=O) groups excluding carboxylic acids is 1. The molecule has 0 unspecified atom stereocenters. The average Bonchev–Trinajstić information content (AvgIpc) is 2.46. The van der Waals surface area contributed by atoms with Crippen molar-refractivity contribution in [1.82, 2.24) is 9.80 Å². The predicted molar refractivity (Wildman–Crippen MR) is 76.2 cm³/mol. The van der Waals surface area contributed by atoms with Gasteiger partial charge in [0.05, 0.1) is 16.6 Å². The Morgan fingerprint density at radius 2 is 2.00 bits per heavy atom. The molecule has 21 heavy (non-hydrogen) atoms. The Labute approximate surface area is 121 Å². The van der Waals surface area contributed by atoms with Gasteiger partial charge in [0.1, 0.15) is 5.82 Å². The normalized spacial score (nSPS) is 16.4. The molecule has 0 spiro atoms. The van der Waals surface area contributed by atoms with Gasteiger partial charge in [0.25, 0.3) is 5.69 Å². The van der Waals surface area contributed by atoms with Gasteiger partial charge in [0, 0.05) is 32.3 Å². The van der Waals surface area contributed by atoms with E-state index in [9.17, 15) is 19.3 Å². The predicted octanol–water partition coefficient (Wildman–Crippen LogP) is 1.52. The van der Waals surface area contributed by atoms with E-state index in [0.717, 1.165) is 25.2 Å². The van der Waals surface area contributed by atoms with Gasteiger partial charge in [-0.3, -0.25) is 14.9 Å². The van der Waals surface area contributed by atoms with E-state index in [1.807, 2.05) is 7.05 Å². The number of amides is 1. The molecule has 112 valence electrons. The molecule has 0 N–H and O–H groups in total. The maximum atomic E-state index is 13.0. The summed E-state index contributed by atoms with van der Waals surface area (Å²) in [4.78, 5) is 26.0. The van der Waals surface area contributed by atoms with Crippen molar-refractivity contribution < 1.29 is 14.1 Å². The lowest BCUT2D eigenvalue weighted by atomic mass is 10.1. The summed E-state index contributed by atoms with van der Waals surface area (Å²) in [6.07, 6.45) is 2.66. The van der Waals surface area contributed by atoms with E-state index in [2.05, 4.69) is 4.90 Å². The highest BCUT2D eigenvalue weighted by atomic mass is 19.1. The minimum Gasteiger partial charge on any atom is -0.337 e. The Kier molecular flexibility index (Phi) is 4.64. The first kappa shape index (κ1) is 15.1. The highest BCUT2D eigenvalue weighted by molar-refractivity contribution is 5.92. The molecule has 0 bridgehead atoms. The zero-order valence-corrected chi connectivity index (χ0v) is 11.7. The quantitative estimate of drug-likeness (QED) is 0.481. The third-order valence-corrected chi connectivity index (χ3v) is 3.41. The van der Waals surface area contributed by atoms with Gasteiger partial charge in [-0.15, -0.1) is 0 Å². The molecule has 0 saturated carbocycles. The number of hydrogen-bond acceptors (Lipinski definition) is 4. The molecule has 1 aromatic carbocycles. The molecule has 1 saturated heterocycles. The monoisotopic (exact) mass is 293 g/mol. The highest BCUT2D eigenvalue weighted by Crippen LogP contribution is 2.21. The van der Waals surface area contributed by atoms with Crippen molar-refractivity contribution in [1.29, 1.82) is 0 Å². The molecule has 1 heterocycles. The van der Waals surface area contributed by atoms with E-state index in [1.54, 1.807) is 4.90 Å². The van der Waals surface area contributed by atoms with E-state index in [1.165, 1.54) is 18.2 Å². The maximum Gasteiger partial charge on any atom is 0.279 e. The molecule has 0 aromatic heterocycles. The van der Waals surface area contributed by atoms with Crippen LogP contribution in [0.5, 0.6) is 0 Å². The summed E-state index contributed by atoms with van der Waals surface area (Å²) in [7, 11) is 1.99. The molecule has 1 aliphatic rings. The molecule has 0 atom stereocenters. The number of likely N-dealkylation sites (N-methyl/N-ethyl adjacent to an activating group) is 1. The highest BCUT2D eigenvalue weighted by Gasteiger charge is 2.18. The van der Waals surface area contributed by atoms with Crippen molar-refractivity contribution in [2.45, 2.75) is 0 Å². The SMILES string of the molecule is CN1CCN(C(=O)/C=C\c2ccc(F)cc2[N+](=O)[O-])CC1. The van der Waals surface area contributed by atoms with Gasteiger partial charge in [0.2, 0.25) is 5.91 Å². The second-order valence-electron chi connectivity index (χ2n) is 4.92. The van der Waals surface area contributed by atoms with Crippen LogP contribution in [0, 0.1) is 15.9 Å². The number of nitrogens with zero attached hydrogens (tertiary/aromatic N) is 3. The van der Waals surface area contributed by atoms with Crippen LogP contribution in [0.3, 0.4) is 0 Å². The summed E-state index contributed by atoms with van der Waals surface area (Å²) < 4.78 is 13.0. The molecule has 0 radical (unpaired) electrons. The number of piperazine rings is 1. The molecule has 7 heteroatoms. The summed E-state index contributed by atoms with van der Waals surface area (Å²) in [5.41, 5.74) is -0.138. The molecule has 1 aliphatic heterocycles. The van der Waals surface area contributed by atoms with Crippen LogP contribution in [-0.2, 0) is 4.79 Å². The van der Waals surface area contributed by atoms with Crippen molar-refractivity contribution in [2.24, 2.45) is 0 Å². The second-order valence-corrected chi connectivity index (χ2v) is 4.92. The number of carbonyl (C=O) groups is 1. The number of halogens is 1. The van der Waals surface area contributed by atoms with Crippen LogP contribution >= 0.6 is 0 Å². The number of nitro groups is 1. The minimum absolute atomic E-state index is 0.193. The van der Waals surface area contributed by atoms with Gasteiger partial charge in [-0.2, -0.15) is 0 Å². The molecular weight excluding hydrogens is 277 g/mol. The first-order valence-corrected chi connectivity index (χ1v) is 6.57. The summed E-state index contributed by atoms with van der Waals surface area (Å²) >= 11 is 0. The maximum absolute atomic E-state index is 13.0. The van der Waals surface area contributed by atoms with Gasteiger partial charge < -0.3 is 9.80 Å². The zero-order chi connectivity index (χ0) is 15.4. The fourth-order valence-corrected chi connectivity index (χ4v) is 2.11. The Balaban J connectivity index is 2.10. The van der Waals surface area contributed by atoms with E-state index < -0.39 is 10.7 Å². The minimum atomic E-state index is -0.677. The number of rotatable bonds is 3. The van der Waals surface area contributed by atoms with Gasteiger partial charge in [-0.05, 0) is 25.3 Å². The van der Waals surface area contributed by atoms with Crippen molar-refractivity contribution >= 4 is 17.7 Å². The van der Waals surface area contributed by atoms with Crippen LogP contribution in [0.25, 0.3) is 6.08 Å². The van der Waals surface area contributed by atoms with Crippen molar-refractivity contribution in [2.75, 3.05) is 33.2 Å². The summed E-state index contributed by atoms with van der Waals surface area (Å²) in [5.74, 6) is -0.869. The van der Waals surface area contributed by atoms with Crippen molar-refractivity contribution in [3.8, 4) is 0 Å².